The molecule has 0 unspecified atom stereocenters. The highest BCUT2D eigenvalue weighted by Crippen LogP contribution is 2.32. The largest absolute Gasteiger partial charge is 0.277 e. The van der Waals surface area contributed by atoms with Gasteiger partial charge in [0.1, 0.15) is 0 Å². The number of para-hydroxylation sites is 1. The van der Waals surface area contributed by atoms with Crippen molar-refractivity contribution in [2.45, 2.75) is 4.90 Å². The summed E-state index contributed by atoms with van der Waals surface area (Å²) in [7, 11) is 0. The van der Waals surface area contributed by atoms with E-state index < -0.39 is 0 Å². The Morgan fingerprint density at radius 3 is 2.60 bits per heavy atom. The van der Waals surface area contributed by atoms with Gasteiger partial charge in [0.25, 0.3) is 0 Å². The summed E-state index contributed by atoms with van der Waals surface area (Å²) in [6.45, 7) is 0. The lowest BCUT2D eigenvalue weighted by Gasteiger charge is -2.07. The van der Waals surface area contributed by atoms with Crippen molar-refractivity contribution in [3.8, 4) is 0 Å². The molecule has 2 rings (SSSR count). The molecule has 0 aliphatic carbocycles. The van der Waals surface area contributed by atoms with Crippen molar-refractivity contribution in [2.75, 3.05) is 11.7 Å². The average Bonchev–Trinajstić information content (AvgIpc) is 2.47. The number of nitrogens with one attached hydrogen (secondary N) is 1. The molecule has 0 atom stereocenters. The Bertz CT molecular complexity index is 633. The van der Waals surface area contributed by atoms with Crippen LogP contribution in [0.4, 0.5) is 5.69 Å². The highest BCUT2D eigenvalue weighted by Gasteiger charge is 2.10. The van der Waals surface area contributed by atoms with E-state index in [4.69, 9.17) is 23.2 Å². The second-order valence-electron chi connectivity index (χ2n) is 3.85. The summed E-state index contributed by atoms with van der Waals surface area (Å²) >= 11 is 17.5. The van der Waals surface area contributed by atoms with Crippen LogP contribution in [0.2, 0.25) is 5.02 Å². The maximum absolute atomic E-state index is 6.22. The van der Waals surface area contributed by atoms with Crippen LogP contribution in [0, 0.1) is 0 Å². The summed E-state index contributed by atoms with van der Waals surface area (Å²) in [6, 6.07) is 13.3. The number of rotatable bonds is 4. The van der Waals surface area contributed by atoms with E-state index >= 15 is 0 Å². The third kappa shape index (κ3) is 3.92. The van der Waals surface area contributed by atoms with Gasteiger partial charge >= 0.3 is 0 Å². The molecule has 0 aliphatic rings. The Kier molecular flexibility index (Phi) is 5.78. The number of hydrogen-bond donors (Lipinski definition) is 1. The van der Waals surface area contributed by atoms with Crippen LogP contribution in [-0.2, 0) is 0 Å². The van der Waals surface area contributed by atoms with Crippen LogP contribution in [0.3, 0.4) is 0 Å². The van der Waals surface area contributed by atoms with Crippen molar-refractivity contribution in [2.24, 2.45) is 5.10 Å². The summed E-state index contributed by atoms with van der Waals surface area (Å²) in [6.07, 6.45) is 1.97. The smallest absolute Gasteiger partial charge is 0.157 e. The van der Waals surface area contributed by atoms with Crippen LogP contribution in [0.5, 0.6) is 0 Å². The summed E-state index contributed by atoms with van der Waals surface area (Å²) in [4.78, 5) is 0.989. The van der Waals surface area contributed by atoms with Gasteiger partial charge in [0, 0.05) is 14.9 Å². The number of anilines is 1. The number of thioether (sulfide) groups is 1. The molecule has 104 valence electrons. The first kappa shape index (κ1) is 15.7. The molecule has 0 saturated carbocycles. The van der Waals surface area contributed by atoms with Gasteiger partial charge in [-0.25, -0.2) is 0 Å². The fraction of sp³-hybridized carbons (Fsp3) is 0.0714. The average molecular weight is 390 g/mol. The molecule has 0 heterocycles. The second kappa shape index (κ2) is 7.36. The van der Waals surface area contributed by atoms with Crippen LogP contribution in [0.25, 0.3) is 0 Å². The van der Waals surface area contributed by atoms with Gasteiger partial charge in [-0.05, 0) is 30.5 Å². The Hall–Kier alpha value is -0.680. The van der Waals surface area contributed by atoms with Crippen LogP contribution >= 0.6 is 50.9 Å². The molecule has 1 N–H and O–H groups in total. The Morgan fingerprint density at radius 1 is 1.25 bits per heavy atom. The van der Waals surface area contributed by atoms with Crippen LogP contribution in [-0.4, -0.2) is 11.4 Å². The predicted octanol–water partition coefficient (Wildman–Crippen LogP) is 5.84. The molecule has 0 amide bonds. The van der Waals surface area contributed by atoms with Crippen molar-refractivity contribution in [1.82, 2.24) is 0 Å². The Balaban J connectivity index is 2.25. The van der Waals surface area contributed by atoms with Gasteiger partial charge in [0.15, 0.2) is 5.17 Å². The molecule has 0 fully saturated rings. The lowest BCUT2D eigenvalue weighted by molar-refractivity contribution is 1.33. The third-order valence-electron chi connectivity index (χ3n) is 2.52. The van der Waals surface area contributed by atoms with E-state index in [1.54, 1.807) is 17.8 Å². The van der Waals surface area contributed by atoms with Crippen LogP contribution in [0.1, 0.15) is 5.56 Å². The maximum atomic E-state index is 6.22. The van der Waals surface area contributed by atoms with E-state index in [1.807, 2.05) is 42.7 Å². The first-order chi connectivity index (χ1) is 9.61. The lowest BCUT2D eigenvalue weighted by Crippen LogP contribution is -1.98. The number of nitrogens with zero attached hydrogens (tertiary/aromatic N) is 1. The molecule has 0 radical (unpaired) electrons. The first-order valence-electron chi connectivity index (χ1n) is 5.69. The fourth-order valence-electron chi connectivity index (χ4n) is 1.53. The molecular formula is C14H11BrCl2N2S. The highest BCUT2D eigenvalue weighted by molar-refractivity contribution is 9.10. The van der Waals surface area contributed by atoms with Gasteiger partial charge < -0.3 is 0 Å². The van der Waals surface area contributed by atoms with E-state index in [9.17, 15) is 0 Å². The number of benzene rings is 2. The molecule has 2 nitrogen and oxygen atoms in total. The molecule has 0 aromatic heterocycles. The van der Waals surface area contributed by atoms with Crippen LogP contribution < -0.4 is 5.43 Å². The molecule has 0 bridgehead atoms. The fourth-order valence-corrected chi connectivity index (χ4v) is 3.41. The summed E-state index contributed by atoms with van der Waals surface area (Å²) in [5.74, 6) is 0. The van der Waals surface area contributed by atoms with Gasteiger partial charge in [-0.15, -0.1) is 11.8 Å². The van der Waals surface area contributed by atoms with Gasteiger partial charge in [-0.1, -0.05) is 57.3 Å². The molecule has 0 saturated heterocycles. The standard InChI is InChI=1S/C14H11BrCl2N2S/c1-20-13-8-11(15)10(7-12(13)16)14(17)19-18-9-5-3-2-4-6-9/h2-8,18H,1H3. The van der Waals surface area contributed by atoms with Gasteiger partial charge in [0.2, 0.25) is 0 Å². The molecule has 2 aromatic rings. The normalized spacial score (nSPS) is 11.5. The molecule has 0 aliphatic heterocycles. The van der Waals surface area contributed by atoms with Crippen molar-refractivity contribution in [3.05, 3.63) is 57.5 Å². The predicted molar refractivity (Wildman–Crippen MR) is 93.4 cm³/mol. The van der Waals surface area contributed by atoms with Crippen molar-refractivity contribution in [3.63, 3.8) is 0 Å². The van der Waals surface area contributed by atoms with E-state index in [0.717, 1.165) is 20.6 Å². The monoisotopic (exact) mass is 388 g/mol. The molecular weight excluding hydrogens is 379 g/mol. The zero-order valence-electron chi connectivity index (χ0n) is 10.5. The van der Waals surface area contributed by atoms with Gasteiger partial charge in [-0.2, -0.15) is 5.10 Å². The number of hydrogen-bond acceptors (Lipinski definition) is 3. The molecule has 0 spiro atoms. The molecule has 6 heteroatoms. The topological polar surface area (TPSA) is 24.4 Å². The number of halogens is 3. The minimum atomic E-state index is 0.343. The highest BCUT2D eigenvalue weighted by atomic mass is 79.9. The van der Waals surface area contributed by atoms with Crippen LogP contribution in [0.15, 0.2) is 56.9 Å². The molecule has 2 aromatic carbocycles. The minimum absolute atomic E-state index is 0.343. The SMILES string of the molecule is CSc1cc(Br)c(C(Cl)=NNc2ccccc2)cc1Cl. The first-order valence-corrected chi connectivity index (χ1v) is 8.47. The van der Waals surface area contributed by atoms with Crippen molar-refractivity contribution < 1.29 is 0 Å². The Morgan fingerprint density at radius 2 is 1.95 bits per heavy atom. The van der Waals surface area contributed by atoms with Crippen molar-refractivity contribution >= 4 is 61.8 Å². The molecule has 20 heavy (non-hydrogen) atoms. The third-order valence-corrected chi connectivity index (χ3v) is 4.67. The Labute approximate surface area is 140 Å². The van der Waals surface area contributed by atoms with E-state index in [2.05, 4.69) is 26.5 Å². The summed E-state index contributed by atoms with van der Waals surface area (Å²) < 4.78 is 0.856. The van der Waals surface area contributed by atoms with E-state index in [-0.39, 0.29) is 0 Å². The van der Waals surface area contributed by atoms with E-state index in [0.29, 0.717) is 10.2 Å². The minimum Gasteiger partial charge on any atom is -0.277 e. The van der Waals surface area contributed by atoms with E-state index in [1.165, 1.54) is 0 Å². The maximum Gasteiger partial charge on any atom is 0.157 e. The van der Waals surface area contributed by atoms with Crippen molar-refractivity contribution in [1.29, 1.82) is 0 Å². The zero-order chi connectivity index (χ0) is 14.5. The quantitative estimate of drug-likeness (QED) is 0.403. The second-order valence-corrected chi connectivity index (χ2v) is 6.31. The summed E-state index contributed by atoms with van der Waals surface area (Å²) in [5, 5.41) is 5.16. The van der Waals surface area contributed by atoms with Gasteiger partial charge in [0.05, 0.1) is 10.7 Å². The van der Waals surface area contributed by atoms with Gasteiger partial charge in [-0.3, -0.25) is 5.43 Å². The number of hydrazone groups is 1. The summed E-state index contributed by atoms with van der Waals surface area (Å²) in [5.41, 5.74) is 4.52. The zero-order valence-corrected chi connectivity index (χ0v) is 14.4. The lowest BCUT2D eigenvalue weighted by atomic mass is 10.2.